The molecule has 9 heteroatoms. The molecule has 1 aliphatic rings. The Labute approximate surface area is 180 Å². The highest BCUT2D eigenvalue weighted by molar-refractivity contribution is 7.89. The third-order valence-corrected chi connectivity index (χ3v) is 7.26. The van der Waals surface area contributed by atoms with Gasteiger partial charge in [0.25, 0.3) is 5.89 Å². The minimum atomic E-state index is -3.83. The van der Waals surface area contributed by atoms with Crippen LogP contribution < -0.4 is 4.74 Å². The molecule has 1 aromatic heterocycles. The summed E-state index contributed by atoms with van der Waals surface area (Å²) in [6.07, 6.45) is 2.16. The molecule has 0 bridgehead atoms. The molecule has 0 radical (unpaired) electrons. The first kappa shape index (κ1) is 21.5. The van der Waals surface area contributed by atoms with Crippen LogP contribution in [0.2, 0.25) is 0 Å². The lowest BCUT2D eigenvalue weighted by atomic mass is 10.0. The first-order valence-electron chi connectivity index (χ1n) is 10.1. The highest BCUT2D eigenvalue weighted by Gasteiger charge is 2.37. The number of hydrogen-bond acceptors (Lipinski definition) is 6. The molecule has 1 atom stereocenters. The van der Waals surface area contributed by atoms with E-state index in [1.165, 1.54) is 22.5 Å². The van der Waals surface area contributed by atoms with Crippen LogP contribution in [0.3, 0.4) is 0 Å². The maximum Gasteiger partial charge on any atom is 0.264 e. The summed E-state index contributed by atoms with van der Waals surface area (Å²) in [5.74, 6) is 0.824. The molecule has 0 amide bonds. The number of hydrogen-bond donors (Lipinski definition) is 0. The fraction of sp³-hybridized carbons (Fsp3) is 0.364. The summed E-state index contributed by atoms with van der Waals surface area (Å²) < 4.78 is 52.5. The summed E-state index contributed by atoms with van der Waals surface area (Å²) in [4.78, 5) is 4.45. The Morgan fingerprint density at radius 2 is 1.94 bits per heavy atom. The standard InChI is InChI=1S/C22H24FN3O4S/c1-15-6-8-17(9-7-15)29-14-21-24-22(25-30-21)20-5-3-4-12-26(20)31(27,28)18-10-11-19(23)16(2)13-18/h6-11,13,20H,3-5,12,14H2,1-2H3. The highest BCUT2D eigenvalue weighted by atomic mass is 32.2. The van der Waals surface area contributed by atoms with Gasteiger partial charge < -0.3 is 9.26 Å². The molecule has 2 aromatic carbocycles. The topological polar surface area (TPSA) is 85.5 Å². The number of benzene rings is 2. The second-order valence-electron chi connectivity index (χ2n) is 7.69. The molecule has 1 unspecified atom stereocenters. The van der Waals surface area contributed by atoms with Crippen molar-refractivity contribution in [1.29, 1.82) is 0 Å². The summed E-state index contributed by atoms with van der Waals surface area (Å²) in [6.45, 7) is 3.96. The highest BCUT2D eigenvalue weighted by Crippen LogP contribution is 2.34. The number of ether oxygens (including phenoxy) is 1. The SMILES string of the molecule is Cc1ccc(OCc2nc(C3CCCCN3S(=O)(=O)c3ccc(F)c(C)c3)no2)cc1. The smallest absolute Gasteiger partial charge is 0.264 e. The van der Waals surface area contributed by atoms with Gasteiger partial charge in [-0.25, -0.2) is 12.8 Å². The third-order valence-electron chi connectivity index (χ3n) is 5.35. The van der Waals surface area contributed by atoms with Gasteiger partial charge >= 0.3 is 0 Å². The number of aryl methyl sites for hydroxylation is 2. The molecule has 31 heavy (non-hydrogen) atoms. The van der Waals surface area contributed by atoms with Gasteiger partial charge in [0.15, 0.2) is 12.4 Å². The van der Waals surface area contributed by atoms with Crippen LogP contribution in [0.15, 0.2) is 51.9 Å². The van der Waals surface area contributed by atoms with Crippen molar-refractivity contribution in [3.63, 3.8) is 0 Å². The molecule has 164 valence electrons. The Hall–Kier alpha value is -2.78. The summed E-state index contributed by atoms with van der Waals surface area (Å²) in [5, 5.41) is 4.02. The number of piperidine rings is 1. The van der Waals surface area contributed by atoms with Gasteiger partial charge in [-0.3, -0.25) is 0 Å². The van der Waals surface area contributed by atoms with E-state index in [1.807, 2.05) is 31.2 Å². The van der Waals surface area contributed by atoms with E-state index < -0.39 is 21.9 Å². The van der Waals surface area contributed by atoms with Crippen LogP contribution in [0.1, 0.15) is 48.1 Å². The zero-order chi connectivity index (χ0) is 22.0. The second-order valence-corrected chi connectivity index (χ2v) is 9.58. The van der Waals surface area contributed by atoms with E-state index in [-0.39, 0.29) is 23.0 Å². The molecular weight excluding hydrogens is 421 g/mol. The van der Waals surface area contributed by atoms with Crippen LogP contribution in [0.4, 0.5) is 4.39 Å². The average Bonchev–Trinajstić information content (AvgIpc) is 3.24. The molecule has 1 aliphatic heterocycles. The van der Waals surface area contributed by atoms with Gasteiger partial charge in [0.05, 0.1) is 10.9 Å². The summed E-state index contributed by atoms with van der Waals surface area (Å²) in [5.41, 5.74) is 1.41. The lowest BCUT2D eigenvalue weighted by Crippen LogP contribution is -2.39. The van der Waals surface area contributed by atoms with Gasteiger partial charge in [0.1, 0.15) is 11.6 Å². The van der Waals surface area contributed by atoms with E-state index in [2.05, 4.69) is 10.1 Å². The van der Waals surface area contributed by atoms with Crippen molar-refractivity contribution in [2.45, 2.75) is 50.7 Å². The molecule has 1 saturated heterocycles. The maximum absolute atomic E-state index is 13.6. The number of halogens is 1. The maximum atomic E-state index is 13.6. The van der Waals surface area contributed by atoms with Crippen molar-refractivity contribution < 1.29 is 22.1 Å². The van der Waals surface area contributed by atoms with Gasteiger partial charge in [0, 0.05) is 6.54 Å². The monoisotopic (exact) mass is 445 g/mol. The van der Waals surface area contributed by atoms with Gasteiger partial charge in [-0.15, -0.1) is 0 Å². The predicted molar refractivity (Wildman–Crippen MR) is 111 cm³/mol. The Morgan fingerprint density at radius 1 is 1.16 bits per heavy atom. The van der Waals surface area contributed by atoms with Crippen LogP contribution in [0.25, 0.3) is 0 Å². The Bertz CT molecular complexity index is 1160. The zero-order valence-electron chi connectivity index (χ0n) is 17.4. The lowest BCUT2D eigenvalue weighted by molar-refractivity contribution is 0.231. The van der Waals surface area contributed by atoms with Crippen LogP contribution in [0.5, 0.6) is 5.75 Å². The first-order chi connectivity index (χ1) is 14.8. The molecular formula is C22H24FN3O4S. The quantitative estimate of drug-likeness (QED) is 0.562. The van der Waals surface area contributed by atoms with Gasteiger partial charge in [-0.1, -0.05) is 29.3 Å². The molecule has 0 N–H and O–H groups in total. The average molecular weight is 446 g/mol. The molecule has 1 fully saturated rings. The Kier molecular flexibility index (Phi) is 6.06. The second kappa shape index (κ2) is 8.76. The van der Waals surface area contributed by atoms with E-state index in [9.17, 15) is 12.8 Å². The molecule has 7 nitrogen and oxygen atoms in total. The van der Waals surface area contributed by atoms with E-state index in [1.54, 1.807) is 6.92 Å². The van der Waals surface area contributed by atoms with Crippen molar-refractivity contribution in [2.24, 2.45) is 0 Å². The number of sulfonamides is 1. The number of nitrogens with zero attached hydrogens (tertiary/aromatic N) is 3. The third kappa shape index (κ3) is 4.62. The van der Waals surface area contributed by atoms with Crippen molar-refractivity contribution in [3.8, 4) is 5.75 Å². The van der Waals surface area contributed by atoms with Crippen molar-refractivity contribution in [1.82, 2.24) is 14.4 Å². The largest absolute Gasteiger partial charge is 0.484 e. The van der Waals surface area contributed by atoms with E-state index in [4.69, 9.17) is 9.26 Å². The van der Waals surface area contributed by atoms with Crippen LogP contribution in [-0.2, 0) is 16.6 Å². The minimum absolute atomic E-state index is 0.0599. The molecule has 4 rings (SSSR count). The number of aromatic nitrogens is 2. The molecule has 0 saturated carbocycles. The molecule has 2 heterocycles. The van der Waals surface area contributed by atoms with Crippen LogP contribution >= 0.6 is 0 Å². The van der Waals surface area contributed by atoms with Gasteiger partial charge in [0.2, 0.25) is 10.0 Å². The lowest BCUT2D eigenvalue weighted by Gasteiger charge is -2.32. The first-order valence-corrected chi connectivity index (χ1v) is 11.6. The molecule has 3 aromatic rings. The van der Waals surface area contributed by atoms with Crippen molar-refractivity contribution in [2.75, 3.05) is 6.54 Å². The predicted octanol–water partition coefficient (Wildman–Crippen LogP) is 4.32. The van der Waals surface area contributed by atoms with Crippen LogP contribution in [-0.4, -0.2) is 29.4 Å². The fourth-order valence-corrected chi connectivity index (χ4v) is 5.35. The Balaban J connectivity index is 1.53. The van der Waals surface area contributed by atoms with Crippen LogP contribution in [0, 0.1) is 19.7 Å². The normalized spacial score (nSPS) is 17.6. The fourth-order valence-electron chi connectivity index (χ4n) is 3.61. The molecule has 0 spiro atoms. The van der Waals surface area contributed by atoms with Gasteiger partial charge in [-0.05, 0) is 62.6 Å². The summed E-state index contributed by atoms with van der Waals surface area (Å²) in [6, 6.07) is 10.9. The van der Waals surface area contributed by atoms with E-state index >= 15 is 0 Å². The van der Waals surface area contributed by atoms with Gasteiger partial charge in [-0.2, -0.15) is 9.29 Å². The van der Waals surface area contributed by atoms with E-state index in [0.717, 1.165) is 18.4 Å². The number of rotatable bonds is 6. The minimum Gasteiger partial charge on any atom is -0.484 e. The van der Waals surface area contributed by atoms with Crippen molar-refractivity contribution >= 4 is 10.0 Å². The van der Waals surface area contributed by atoms with E-state index in [0.29, 0.717) is 24.5 Å². The summed E-state index contributed by atoms with van der Waals surface area (Å²) in [7, 11) is -3.83. The zero-order valence-corrected chi connectivity index (χ0v) is 18.2. The Morgan fingerprint density at radius 3 is 2.68 bits per heavy atom. The molecule has 0 aliphatic carbocycles. The summed E-state index contributed by atoms with van der Waals surface area (Å²) >= 11 is 0. The van der Waals surface area contributed by atoms with Crippen molar-refractivity contribution in [3.05, 3.63) is 71.1 Å².